The lowest BCUT2D eigenvalue weighted by molar-refractivity contribution is -0.167. The van der Waals surface area contributed by atoms with Crippen molar-refractivity contribution in [2.24, 2.45) is 0 Å². The Kier molecular flexibility index (Phi) is 63.9. The second kappa shape index (κ2) is 67.8. The molecule has 0 aliphatic rings. The van der Waals surface area contributed by atoms with Crippen LogP contribution in [0.3, 0.4) is 0 Å². The Morgan fingerprint density at radius 1 is 0.259 bits per heavy atom. The molecule has 0 aliphatic heterocycles. The van der Waals surface area contributed by atoms with Crippen LogP contribution in [0.1, 0.15) is 290 Å². The van der Waals surface area contributed by atoms with Crippen LogP contribution < -0.4 is 0 Å². The highest BCUT2D eigenvalue weighted by atomic mass is 16.6. The van der Waals surface area contributed by atoms with Gasteiger partial charge in [0.1, 0.15) is 13.2 Å². The molecule has 1 unspecified atom stereocenters. The van der Waals surface area contributed by atoms with Gasteiger partial charge in [-0.3, -0.25) is 14.4 Å². The SMILES string of the molecule is CC/C=C\C/C=C\C/C=C\C/C=C\C/C=C\C/C=C\C/C=C\C/C=C\CCCCC(=O)OCC(COC(=O)CCCC/C=C\C/C=C\C/C=C\C/C=C\CC)OC(=O)CCCCCCCCCCCCCCCCCCCCCCC. The van der Waals surface area contributed by atoms with Gasteiger partial charge >= 0.3 is 17.9 Å². The van der Waals surface area contributed by atoms with E-state index in [1.54, 1.807) is 0 Å². The van der Waals surface area contributed by atoms with Crippen molar-refractivity contribution in [3.05, 3.63) is 146 Å². The maximum absolute atomic E-state index is 12.9. The number of hydrogen-bond donors (Lipinski definition) is 0. The van der Waals surface area contributed by atoms with Gasteiger partial charge in [-0.1, -0.05) is 295 Å². The Morgan fingerprint density at radius 3 is 0.753 bits per heavy atom. The Balaban J connectivity index is 4.48. The Hall–Kier alpha value is -4.71. The third-order valence-electron chi connectivity index (χ3n) is 13.8. The minimum atomic E-state index is -0.819. The molecule has 0 N–H and O–H groups in total. The standard InChI is InChI=1S/C75H122O6/c1-4-7-10-13-16-19-22-25-28-30-32-34-35-36-37-38-39-41-42-44-47-50-53-56-59-62-65-68-74(77)80-71-72(70-79-73(76)67-64-61-58-55-52-49-46-27-24-21-18-15-12-9-6-3)81-75(78)69-66-63-60-57-54-51-48-45-43-40-33-31-29-26-23-20-17-14-11-8-5-2/h7,9-10,12,16,18-19,21,25,27-28,32,34,36-37,39,41,44,46-47,52-53,55-56,72H,4-6,8,11,13-15,17,20,22-24,26,29-31,33,35,38,40,42-43,45,48-51,54,57-71H2,1-3H3/b10-7-,12-9-,19-16-,21-18-,28-25-,34-32-,37-36-,41-39-,46-27-,47-44-,55-52-,56-53-. The third kappa shape index (κ3) is 66.0. The summed E-state index contributed by atoms with van der Waals surface area (Å²) in [6, 6.07) is 0. The lowest BCUT2D eigenvalue weighted by atomic mass is 10.0. The first kappa shape index (κ1) is 76.3. The second-order valence-electron chi connectivity index (χ2n) is 21.6. The zero-order valence-corrected chi connectivity index (χ0v) is 52.5. The predicted octanol–water partition coefficient (Wildman–Crippen LogP) is 23.1. The first-order valence-corrected chi connectivity index (χ1v) is 33.3. The molecule has 0 saturated carbocycles. The van der Waals surface area contributed by atoms with E-state index in [1.807, 2.05) is 0 Å². The molecule has 0 heterocycles. The summed E-state index contributed by atoms with van der Waals surface area (Å²) in [5.41, 5.74) is 0. The second-order valence-corrected chi connectivity index (χ2v) is 21.6. The topological polar surface area (TPSA) is 78.9 Å². The summed E-state index contributed by atoms with van der Waals surface area (Å²) in [4.78, 5) is 38.4. The molecule has 0 spiro atoms. The van der Waals surface area contributed by atoms with Crippen LogP contribution in [-0.4, -0.2) is 37.2 Å². The summed E-state index contributed by atoms with van der Waals surface area (Å²) < 4.78 is 16.9. The van der Waals surface area contributed by atoms with E-state index in [4.69, 9.17) is 14.2 Å². The normalized spacial score (nSPS) is 13.1. The number of esters is 3. The molecule has 458 valence electrons. The van der Waals surface area contributed by atoms with E-state index in [1.165, 1.54) is 116 Å². The summed E-state index contributed by atoms with van der Waals surface area (Å²) in [5, 5.41) is 0. The van der Waals surface area contributed by atoms with Crippen molar-refractivity contribution in [3.8, 4) is 0 Å². The fourth-order valence-electron chi connectivity index (χ4n) is 8.92. The highest BCUT2D eigenvalue weighted by Crippen LogP contribution is 2.16. The molecule has 6 nitrogen and oxygen atoms in total. The monoisotopic (exact) mass is 1120 g/mol. The van der Waals surface area contributed by atoms with Gasteiger partial charge in [-0.2, -0.15) is 0 Å². The van der Waals surface area contributed by atoms with Crippen LogP contribution in [0.15, 0.2) is 146 Å². The van der Waals surface area contributed by atoms with E-state index in [-0.39, 0.29) is 31.1 Å². The van der Waals surface area contributed by atoms with Gasteiger partial charge < -0.3 is 14.2 Å². The number of unbranched alkanes of at least 4 members (excludes halogenated alkanes) is 24. The van der Waals surface area contributed by atoms with Gasteiger partial charge in [-0.25, -0.2) is 0 Å². The van der Waals surface area contributed by atoms with Crippen molar-refractivity contribution in [2.45, 2.75) is 297 Å². The summed E-state index contributed by atoms with van der Waals surface area (Å²) in [7, 11) is 0. The number of rotatable bonds is 59. The largest absolute Gasteiger partial charge is 0.462 e. The molecule has 81 heavy (non-hydrogen) atoms. The molecule has 0 aliphatic carbocycles. The summed E-state index contributed by atoms with van der Waals surface area (Å²) in [6.07, 6.45) is 97.2. The molecule has 6 heteroatoms. The van der Waals surface area contributed by atoms with Crippen LogP contribution in [0.25, 0.3) is 0 Å². The van der Waals surface area contributed by atoms with Gasteiger partial charge in [0, 0.05) is 19.3 Å². The van der Waals surface area contributed by atoms with Gasteiger partial charge in [0.15, 0.2) is 6.10 Å². The molecule has 0 rings (SSSR count). The molecule has 0 aromatic rings. The highest BCUT2D eigenvalue weighted by Gasteiger charge is 2.19. The molecule has 1 atom stereocenters. The fourth-order valence-corrected chi connectivity index (χ4v) is 8.92. The van der Waals surface area contributed by atoms with E-state index >= 15 is 0 Å². The summed E-state index contributed by atoms with van der Waals surface area (Å²) in [5.74, 6) is -0.993. The average Bonchev–Trinajstić information content (AvgIpc) is 3.47. The van der Waals surface area contributed by atoms with Crippen LogP contribution in [0, 0.1) is 0 Å². The predicted molar refractivity (Wildman–Crippen MR) is 352 cm³/mol. The molecule has 0 radical (unpaired) electrons. The van der Waals surface area contributed by atoms with E-state index in [2.05, 4.69) is 167 Å². The Morgan fingerprint density at radius 2 is 0.481 bits per heavy atom. The smallest absolute Gasteiger partial charge is 0.306 e. The fraction of sp³-hybridized carbons (Fsp3) is 0.640. The highest BCUT2D eigenvalue weighted by molar-refractivity contribution is 5.71. The Labute approximate surface area is 499 Å². The lowest BCUT2D eigenvalue weighted by Gasteiger charge is -2.18. The molecule has 0 aromatic carbocycles. The van der Waals surface area contributed by atoms with Gasteiger partial charge in [0.05, 0.1) is 0 Å². The Bertz CT molecular complexity index is 1760. The first-order chi connectivity index (χ1) is 40.0. The van der Waals surface area contributed by atoms with Gasteiger partial charge in [-0.05, 0) is 122 Å². The number of hydrogen-bond acceptors (Lipinski definition) is 6. The molecular formula is C75H122O6. The quantitative estimate of drug-likeness (QED) is 0.0261. The number of carbonyl (C=O) groups is 3. The van der Waals surface area contributed by atoms with E-state index in [9.17, 15) is 14.4 Å². The van der Waals surface area contributed by atoms with Crippen LogP contribution in [0.2, 0.25) is 0 Å². The maximum atomic E-state index is 12.9. The first-order valence-electron chi connectivity index (χ1n) is 33.3. The number of ether oxygens (including phenoxy) is 3. The van der Waals surface area contributed by atoms with E-state index in [0.29, 0.717) is 32.1 Å². The van der Waals surface area contributed by atoms with Gasteiger partial charge in [-0.15, -0.1) is 0 Å². The number of carbonyl (C=O) groups excluding carboxylic acids is 3. The molecule has 0 aromatic heterocycles. The van der Waals surface area contributed by atoms with Gasteiger partial charge in [0.25, 0.3) is 0 Å². The summed E-state index contributed by atoms with van der Waals surface area (Å²) >= 11 is 0. The van der Waals surface area contributed by atoms with Crippen molar-refractivity contribution in [1.29, 1.82) is 0 Å². The van der Waals surface area contributed by atoms with Crippen molar-refractivity contribution in [3.63, 3.8) is 0 Å². The van der Waals surface area contributed by atoms with Crippen LogP contribution in [-0.2, 0) is 28.6 Å². The average molecular weight is 1120 g/mol. The van der Waals surface area contributed by atoms with Crippen molar-refractivity contribution in [2.75, 3.05) is 13.2 Å². The van der Waals surface area contributed by atoms with Crippen molar-refractivity contribution >= 4 is 17.9 Å². The zero-order valence-electron chi connectivity index (χ0n) is 52.5. The van der Waals surface area contributed by atoms with E-state index < -0.39 is 6.10 Å². The lowest BCUT2D eigenvalue weighted by Crippen LogP contribution is -2.30. The third-order valence-corrected chi connectivity index (χ3v) is 13.8. The van der Waals surface area contributed by atoms with Gasteiger partial charge in [0.2, 0.25) is 0 Å². The van der Waals surface area contributed by atoms with Crippen molar-refractivity contribution < 1.29 is 28.6 Å². The minimum Gasteiger partial charge on any atom is -0.462 e. The van der Waals surface area contributed by atoms with Crippen LogP contribution >= 0.6 is 0 Å². The number of allylic oxidation sites excluding steroid dienone is 24. The maximum Gasteiger partial charge on any atom is 0.306 e. The zero-order chi connectivity index (χ0) is 58.5. The van der Waals surface area contributed by atoms with E-state index in [0.717, 1.165) is 122 Å². The minimum absolute atomic E-state index is 0.116. The molecule has 0 bridgehead atoms. The van der Waals surface area contributed by atoms with Crippen LogP contribution in [0.4, 0.5) is 0 Å². The molecule has 0 amide bonds. The molecule has 0 saturated heterocycles. The van der Waals surface area contributed by atoms with Crippen LogP contribution in [0.5, 0.6) is 0 Å². The van der Waals surface area contributed by atoms with Crippen molar-refractivity contribution in [1.82, 2.24) is 0 Å². The molecule has 0 fully saturated rings. The molecular weight excluding hydrogens is 997 g/mol. The summed E-state index contributed by atoms with van der Waals surface area (Å²) in [6.45, 7) is 6.36.